The van der Waals surface area contributed by atoms with Crippen LogP contribution in [0.4, 0.5) is 10.5 Å². The molecule has 0 aromatic heterocycles. The number of phenolic OH excluding ortho intramolecular Hbond substituents is 1. The molecule has 1 amide bonds. The number of hydrogen-bond acceptors (Lipinski definition) is 4. The lowest BCUT2D eigenvalue weighted by atomic mass is 10.1. The first kappa shape index (κ1) is 19.8. The van der Waals surface area contributed by atoms with Crippen LogP contribution in [0, 0.1) is 10.5 Å². The fraction of sp³-hybridized carbons (Fsp3) is 0.158. The van der Waals surface area contributed by atoms with Gasteiger partial charge in [0.25, 0.3) is 0 Å². The number of ether oxygens (including phenoxy) is 1. The highest BCUT2D eigenvalue weighted by Gasteiger charge is 2.20. The first-order valence-corrected chi connectivity index (χ1v) is 8.85. The number of benzene rings is 2. The molecule has 0 radical (unpaired) electrons. The van der Waals surface area contributed by atoms with Crippen molar-refractivity contribution < 1.29 is 24.5 Å². The van der Waals surface area contributed by atoms with Gasteiger partial charge in [0.05, 0.1) is 0 Å². The zero-order valence-electron chi connectivity index (χ0n) is 14.0. The Kier molecular flexibility index (Phi) is 7.02. The molecule has 136 valence electrons. The number of carboxylic acids is 1. The standard InChI is InChI=1S/C19H18INO5/c1-12-5-8-14(9-6-12)21-19(25)26-17(3-2-4-18(23)24)15-11-13(20)7-10-16(15)22/h2,4-11,17,22H,3H2,1H3,(H,21,25)(H,23,24)/b4-2+/t17-/m1/s1. The number of carboxylic acid groups (broad SMARTS) is 1. The molecule has 6 nitrogen and oxygen atoms in total. The number of halogens is 1. The first-order chi connectivity index (χ1) is 12.3. The second-order valence-corrected chi connectivity index (χ2v) is 6.81. The van der Waals surface area contributed by atoms with Gasteiger partial charge in [-0.3, -0.25) is 5.32 Å². The van der Waals surface area contributed by atoms with Crippen molar-refractivity contribution in [3.05, 3.63) is 69.3 Å². The predicted molar refractivity (Wildman–Crippen MR) is 106 cm³/mol. The third kappa shape index (κ3) is 6.07. The Balaban J connectivity index is 2.17. The lowest BCUT2D eigenvalue weighted by Gasteiger charge is -2.18. The molecule has 1 atom stereocenters. The van der Waals surface area contributed by atoms with Gasteiger partial charge in [-0.05, 0) is 59.8 Å². The monoisotopic (exact) mass is 467 g/mol. The summed E-state index contributed by atoms with van der Waals surface area (Å²) in [6.45, 7) is 1.94. The van der Waals surface area contributed by atoms with E-state index in [0.29, 0.717) is 11.3 Å². The van der Waals surface area contributed by atoms with Crippen molar-refractivity contribution in [1.29, 1.82) is 0 Å². The molecule has 0 fully saturated rings. The molecule has 2 aromatic carbocycles. The number of anilines is 1. The van der Waals surface area contributed by atoms with Crippen molar-refractivity contribution >= 4 is 40.3 Å². The Morgan fingerprint density at radius 1 is 1.23 bits per heavy atom. The topological polar surface area (TPSA) is 95.9 Å². The van der Waals surface area contributed by atoms with Gasteiger partial charge in [-0.15, -0.1) is 0 Å². The van der Waals surface area contributed by atoms with Crippen molar-refractivity contribution in [1.82, 2.24) is 0 Å². The van der Waals surface area contributed by atoms with Crippen molar-refractivity contribution in [3.8, 4) is 5.75 Å². The van der Waals surface area contributed by atoms with Crippen LogP contribution < -0.4 is 5.32 Å². The van der Waals surface area contributed by atoms with E-state index in [2.05, 4.69) is 27.9 Å². The summed E-state index contributed by atoms with van der Waals surface area (Å²) < 4.78 is 6.28. The Morgan fingerprint density at radius 3 is 2.58 bits per heavy atom. The first-order valence-electron chi connectivity index (χ1n) is 7.77. The molecule has 0 aliphatic rings. The summed E-state index contributed by atoms with van der Waals surface area (Å²) in [5.41, 5.74) is 2.04. The number of nitrogens with one attached hydrogen (secondary N) is 1. The van der Waals surface area contributed by atoms with E-state index >= 15 is 0 Å². The molecule has 0 saturated heterocycles. The summed E-state index contributed by atoms with van der Waals surface area (Å²) in [6.07, 6.45) is 0.943. The maximum absolute atomic E-state index is 12.2. The van der Waals surface area contributed by atoms with Gasteiger partial charge in [-0.25, -0.2) is 9.59 Å². The fourth-order valence-corrected chi connectivity index (χ4v) is 2.74. The summed E-state index contributed by atoms with van der Waals surface area (Å²) in [5.74, 6) is -1.12. The number of carbonyl (C=O) groups excluding carboxylic acids is 1. The van der Waals surface area contributed by atoms with E-state index in [1.807, 2.05) is 19.1 Å². The molecule has 26 heavy (non-hydrogen) atoms. The maximum Gasteiger partial charge on any atom is 0.412 e. The van der Waals surface area contributed by atoms with Gasteiger partial charge in [0, 0.05) is 27.3 Å². The normalized spacial score (nSPS) is 11.9. The second kappa shape index (κ2) is 9.23. The summed E-state index contributed by atoms with van der Waals surface area (Å²) in [7, 11) is 0. The number of aryl methyl sites for hydroxylation is 1. The Morgan fingerprint density at radius 2 is 1.92 bits per heavy atom. The van der Waals surface area contributed by atoms with Crippen LogP contribution in [0.3, 0.4) is 0 Å². The number of aromatic hydroxyl groups is 1. The largest absolute Gasteiger partial charge is 0.508 e. The molecule has 0 heterocycles. The molecule has 0 aliphatic carbocycles. The average Bonchev–Trinajstić information content (AvgIpc) is 2.58. The van der Waals surface area contributed by atoms with Crippen LogP contribution >= 0.6 is 22.6 Å². The average molecular weight is 467 g/mol. The van der Waals surface area contributed by atoms with Crippen LogP contribution in [0.2, 0.25) is 0 Å². The lowest BCUT2D eigenvalue weighted by molar-refractivity contribution is -0.131. The summed E-state index contributed by atoms with van der Waals surface area (Å²) in [6, 6.07) is 12.1. The zero-order chi connectivity index (χ0) is 19.1. The van der Waals surface area contributed by atoms with Gasteiger partial charge in [0.15, 0.2) is 0 Å². The molecular weight excluding hydrogens is 449 g/mol. The van der Waals surface area contributed by atoms with E-state index < -0.39 is 18.2 Å². The van der Waals surface area contributed by atoms with Crippen LogP contribution in [0.25, 0.3) is 0 Å². The number of amides is 1. The quantitative estimate of drug-likeness (QED) is 0.426. The predicted octanol–water partition coefficient (Wildman–Crippen LogP) is 4.63. The third-order valence-corrected chi connectivity index (χ3v) is 4.17. The second-order valence-electron chi connectivity index (χ2n) is 5.56. The fourth-order valence-electron chi connectivity index (χ4n) is 2.23. The van der Waals surface area contributed by atoms with Crippen LogP contribution in [0.5, 0.6) is 5.75 Å². The van der Waals surface area contributed by atoms with Crippen molar-refractivity contribution in [2.24, 2.45) is 0 Å². The number of phenols is 1. The van der Waals surface area contributed by atoms with Gasteiger partial charge in [-0.2, -0.15) is 0 Å². The smallest absolute Gasteiger partial charge is 0.412 e. The van der Waals surface area contributed by atoms with Gasteiger partial charge < -0.3 is 14.9 Å². The molecular formula is C19H18INO5. The summed E-state index contributed by atoms with van der Waals surface area (Å²) >= 11 is 2.08. The van der Waals surface area contributed by atoms with E-state index in [4.69, 9.17) is 9.84 Å². The molecule has 0 saturated carbocycles. The highest BCUT2D eigenvalue weighted by Crippen LogP contribution is 2.31. The highest BCUT2D eigenvalue weighted by atomic mass is 127. The van der Waals surface area contributed by atoms with Crippen LogP contribution in [-0.4, -0.2) is 22.3 Å². The Bertz CT molecular complexity index is 817. The lowest BCUT2D eigenvalue weighted by Crippen LogP contribution is -2.17. The van der Waals surface area contributed by atoms with Crippen molar-refractivity contribution in [2.45, 2.75) is 19.4 Å². The Hall–Kier alpha value is -2.55. The SMILES string of the molecule is Cc1ccc(NC(=O)O[C@H](C/C=C/C(=O)O)c2cc(I)ccc2O)cc1. The van der Waals surface area contributed by atoms with Crippen LogP contribution in [0.15, 0.2) is 54.6 Å². The molecule has 0 aliphatic heterocycles. The minimum Gasteiger partial charge on any atom is -0.508 e. The molecule has 0 spiro atoms. The molecule has 0 bridgehead atoms. The number of carbonyl (C=O) groups is 2. The molecule has 2 rings (SSSR count). The van der Waals surface area contributed by atoms with Gasteiger partial charge in [0.1, 0.15) is 11.9 Å². The number of rotatable bonds is 6. The van der Waals surface area contributed by atoms with E-state index in [1.54, 1.807) is 24.3 Å². The van der Waals surface area contributed by atoms with E-state index in [9.17, 15) is 14.7 Å². The summed E-state index contributed by atoms with van der Waals surface area (Å²) in [5, 5.41) is 21.4. The van der Waals surface area contributed by atoms with Gasteiger partial charge in [0.2, 0.25) is 0 Å². The number of hydrogen-bond donors (Lipinski definition) is 3. The van der Waals surface area contributed by atoms with Gasteiger partial charge >= 0.3 is 12.1 Å². The summed E-state index contributed by atoms with van der Waals surface area (Å²) in [4.78, 5) is 22.9. The van der Waals surface area contributed by atoms with Crippen molar-refractivity contribution in [3.63, 3.8) is 0 Å². The number of aliphatic carboxylic acids is 1. The Labute approximate surface area is 164 Å². The zero-order valence-corrected chi connectivity index (χ0v) is 16.1. The van der Waals surface area contributed by atoms with Crippen molar-refractivity contribution in [2.75, 3.05) is 5.32 Å². The molecule has 7 heteroatoms. The molecule has 2 aromatic rings. The van der Waals surface area contributed by atoms with E-state index in [0.717, 1.165) is 15.2 Å². The van der Waals surface area contributed by atoms with E-state index in [1.165, 1.54) is 12.1 Å². The highest BCUT2D eigenvalue weighted by molar-refractivity contribution is 14.1. The molecule has 0 unspecified atom stereocenters. The van der Waals surface area contributed by atoms with E-state index in [-0.39, 0.29) is 12.2 Å². The third-order valence-electron chi connectivity index (χ3n) is 3.49. The minimum absolute atomic E-state index is 0.0257. The van der Waals surface area contributed by atoms with Crippen LogP contribution in [0.1, 0.15) is 23.7 Å². The molecule has 3 N–H and O–H groups in total. The van der Waals surface area contributed by atoms with Gasteiger partial charge in [-0.1, -0.05) is 23.8 Å². The minimum atomic E-state index is -1.10. The van der Waals surface area contributed by atoms with Crippen LogP contribution in [-0.2, 0) is 9.53 Å². The maximum atomic E-state index is 12.2.